The first kappa shape index (κ1) is 38.5. The molecule has 4 aromatic rings. The highest BCUT2D eigenvalue weighted by Crippen LogP contribution is 2.56. The van der Waals surface area contributed by atoms with Gasteiger partial charge in [0.2, 0.25) is 0 Å². The fourth-order valence-electron chi connectivity index (χ4n) is 6.08. The van der Waals surface area contributed by atoms with Gasteiger partial charge in [0.25, 0.3) is 0 Å². The molecular weight excluding hydrogens is 619 g/mol. The second-order valence-electron chi connectivity index (χ2n) is 14.5. The SMILES string of the molecule is CC(C)(C)c1cc(S(=O)(=O)[O-])cc(C(C)(C)C)c1O.CCCCCCCCC[P+](c1ccccc1)(c1ccccc1)c1ccccc1. The molecule has 0 aliphatic carbocycles. The highest BCUT2D eigenvalue weighted by molar-refractivity contribution is 7.95. The summed E-state index contributed by atoms with van der Waals surface area (Å²) in [5.74, 6) is 0.0624. The number of hydrogen-bond acceptors (Lipinski definition) is 4. The Labute approximate surface area is 285 Å². The Morgan fingerprint density at radius 1 is 0.596 bits per heavy atom. The van der Waals surface area contributed by atoms with E-state index in [0.717, 1.165) is 0 Å². The van der Waals surface area contributed by atoms with Crippen LogP contribution in [-0.4, -0.2) is 24.2 Å². The molecule has 0 radical (unpaired) electrons. The topological polar surface area (TPSA) is 77.4 Å². The number of hydrogen-bond donors (Lipinski definition) is 1. The van der Waals surface area contributed by atoms with Crippen molar-refractivity contribution < 1.29 is 18.1 Å². The van der Waals surface area contributed by atoms with Crippen LogP contribution >= 0.6 is 7.26 Å². The Morgan fingerprint density at radius 2 is 0.936 bits per heavy atom. The summed E-state index contributed by atoms with van der Waals surface area (Å²) in [5, 5.41) is 14.9. The zero-order chi connectivity index (χ0) is 34.7. The Morgan fingerprint density at radius 3 is 1.26 bits per heavy atom. The lowest BCUT2D eigenvalue weighted by molar-refractivity contribution is 0.420. The number of unbranched alkanes of at least 4 members (excludes halogenated alkanes) is 6. The normalized spacial score (nSPS) is 12.3. The molecule has 0 fully saturated rings. The minimum Gasteiger partial charge on any atom is -0.744 e. The third kappa shape index (κ3) is 10.5. The molecule has 0 amide bonds. The standard InChI is InChI=1S/C27H34P.C14H22O4S/c1-2-3-4-5-6-7-17-24-28(25-18-11-8-12-19-25,26-20-13-9-14-21-26)27-22-15-10-16-23-27;1-13(2,3)10-7-9(19(16,17)18)8-11(12(10)15)14(4,5)6/h8-16,18-23H,2-7,17,24H2,1H3;7-8,15H,1-6H3,(H,16,17,18)/q+1;/p-1. The van der Waals surface area contributed by atoms with Gasteiger partial charge in [-0.05, 0) is 72.2 Å². The molecule has 0 saturated heterocycles. The maximum atomic E-state index is 11.3. The van der Waals surface area contributed by atoms with Crippen LogP contribution in [0.3, 0.4) is 0 Å². The van der Waals surface area contributed by atoms with Crippen LogP contribution < -0.4 is 15.9 Å². The van der Waals surface area contributed by atoms with Gasteiger partial charge in [-0.25, -0.2) is 8.42 Å². The van der Waals surface area contributed by atoms with Crippen LogP contribution in [0.25, 0.3) is 0 Å². The van der Waals surface area contributed by atoms with E-state index in [-0.39, 0.29) is 10.6 Å². The summed E-state index contributed by atoms with van der Waals surface area (Å²) in [6, 6.07) is 36.4. The van der Waals surface area contributed by atoms with Gasteiger partial charge in [0.1, 0.15) is 39.0 Å². The molecule has 0 bridgehead atoms. The first-order chi connectivity index (χ1) is 22.1. The van der Waals surface area contributed by atoms with Gasteiger partial charge in [-0.2, -0.15) is 0 Å². The van der Waals surface area contributed by atoms with Gasteiger partial charge in [0.05, 0.1) is 11.1 Å². The van der Waals surface area contributed by atoms with Crippen LogP contribution in [-0.2, 0) is 20.9 Å². The Bertz CT molecular complexity index is 1490. The van der Waals surface area contributed by atoms with Crippen molar-refractivity contribution >= 4 is 33.3 Å². The van der Waals surface area contributed by atoms with Crippen molar-refractivity contribution in [2.24, 2.45) is 0 Å². The molecule has 4 aromatic carbocycles. The molecule has 0 aliphatic rings. The monoisotopic (exact) mass is 674 g/mol. The fourth-order valence-corrected chi connectivity index (χ4v) is 11.0. The van der Waals surface area contributed by atoms with E-state index in [1.54, 1.807) is 0 Å². The highest BCUT2D eigenvalue weighted by atomic mass is 32.2. The quantitative estimate of drug-likeness (QED) is 0.0923. The Hall–Kier alpha value is -2.98. The van der Waals surface area contributed by atoms with Gasteiger partial charge in [0, 0.05) is 11.1 Å². The molecule has 47 heavy (non-hydrogen) atoms. The lowest BCUT2D eigenvalue weighted by atomic mass is 9.79. The number of phenols is 1. The van der Waals surface area contributed by atoms with Crippen LogP contribution in [0.15, 0.2) is 108 Å². The van der Waals surface area contributed by atoms with Gasteiger partial charge in [-0.1, -0.05) is 135 Å². The summed E-state index contributed by atoms with van der Waals surface area (Å²) >= 11 is 0. The van der Waals surface area contributed by atoms with Crippen LogP contribution in [0.4, 0.5) is 0 Å². The van der Waals surface area contributed by atoms with Crippen LogP contribution in [0.1, 0.15) is 105 Å². The fraction of sp³-hybridized carbons (Fsp3) is 0.415. The molecule has 0 unspecified atom stereocenters. The third-order valence-electron chi connectivity index (χ3n) is 8.68. The van der Waals surface area contributed by atoms with Crippen molar-refractivity contribution in [3.05, 3.63) is 114 Å². The van der Waals surface area contributed by atoms with E-state index in [2.05, 4.69) is 97.9 Å². The largest absolute Gasteiger partial charge is 0.744 e. The Balaban J connectivity index is 0.000000277. The second-order valence-corrected chi connectivity index (χ2v) is 19.5. The average Bonchev–Trinajstić information content (AvgIpc) is 3.02. The van der Waals surface area contributed by atoms with Gasteiger partial charge in [-0.3, -0.25) is 0 Å². The van der Waals surface area contributed by atoms with Crippen molar-refractivity contribution in [2.45, 2.75) is 109 Å². The lowest BCUT2D eigenvalue weighted by Gasteiger charge is -2.28. The molecule has 6 heteroatoms. The zero-order valence-electron chi connectivity index (χ0n) is 29.5. The van der Waals surface area contributed by atoms with Gasteiger partial charge >= 0.3 is 0 Å². The molecule has 0 saturated carbocycles. The summed E-state index contributed by atoms with van der Waals surface area (Å²) in [6.45, 7) is 13.4. The number of phenolic OH excluding ortho intramolecular Hbond substituents is 1. The smallest absolute Gasteiger partial charge is 0.124 e. The third-order valence-corrected chi connectivity index (χ3v) is 14.0. The summed E-state index contributed by atoms with van der Waals surface area (Å²) in [5.41, 5.74) is 0.0268. The van der Waals surface area contributed by atoms with Crippen molar-refractivity contribution in [2.75, 3.05) is 6.16 Å². The number of rotatable bonds is 12. The molecule has 1 N–H and O–H groups in total. The van der Waals surface area contributed by atoms with Crippen molar-refractivity contribution in [3.63, 3.8) is 0 Å². The summed E-state index contributed by atoms with van der Waals surface area (Å²) < 4.78 is 33.8. The molecule has 254 valence electrons. The Kier molecular flexibility index (Phi) is 13.8. The minimum absolute atomic E-state index is 0.0624. The van der Waals surface area contributed by atoms with E-state index < -0.39 is 28.2 Å². The van der Waals surface area contributed by atoms with Gasteiger partial charge in [-0.15, -0.1) is 0 Å². The maximum Gasteiger partial charge on any atom is 0.124 e. The van der Waals surface area contributed by atoms with Crippen LogP contribution in [0, 0.1) is 0 Å². The molecule has 0 heterocycles. The maximum absolute atomic E-state index is 11.3. The van der Waals surface area contributed by atoms with Gasteiger partial charge < -0.3 is 9.66 Å². The molecule has 0 atom stereocenters. The summed E-state index contributed by atoms with van der Waals surface area (Å²) in [7, 11) is -6.16. The number of benzene rings is 4. The first-order valence-electron chi connectivity index (χ1n) is 17.0. The second kappa shape index (κ2) is 16.9. The van der Waals surface area contributed by atoms with E-state index in [0.29, 0.717) is 11.1 Å². The predicted octanol–water partition coefficient (Wildman–Crippen LogP) is 9.62. The van der Waals surface area contributed by atoms with E-state index in [4.69, 9.17) is 0 Å². The lowest BCUT2D eigenvalue weighted by Crippen LogP contribution is -2.33. The van der Waals surface area contributed by atoms with Crippen molar-refractivity contribution in [1.29, 1.82) is 0 Å². The zero-order valence-corrected chi connectivity index (χ0v) is 31.2. The molecule has 4 nitrogen and oxygen atoms in total. The van der Waals surface area contributed by atoms with Crippen LogP contribution in [0.5, 0.6) is 5.75 Å². The van der Waals surface area contributed by atoms with Crippen molar-refractivity contribution in [1.82, 2.24) is 0 Å². The van der Waals surface area contributed by atoms with E-state index >= 15 is 0 Å². The molecule has 0 aromatic heterocycles. The molecule has 4 rings (SSSR count). The molecule has 0 aliphatic heterocycles. The average molecular weight is 675 g/mol. The minimum atomic E-state index is -4.55. The van der Waals surface area contributed by atoms with Crippen LogP contribution in [0.2, 0.25) is 0 Å². The highest BCUT2D eigenvalue weighted by Gasteiger charge is 2.44. The van der Waals surface area contributed by atoms with Gasteiger partial charge in [0.15, 0.2) is 0 Å². The number of aromatic hydroxyl groups is 1. The van der Waals surface area contributed by atoms with E-state index in [9.17, 15) is 18.1 Å². The van der Waals surface area contributed by atoms with Crippen molar-refractivity contribution in [3.8, 4) is 5.75 Å². The predicted molar refractivity (Wildman–Crippen MR) is 201 cm³/mol. The molecule has 0 spiro atoms. The molecular formula is C41H55O4PS. The summed E-state index contributed by atoms with van der Waals surface area (Å²) in [6.07, 6.45) is 10.8. The first-order valence-corrected chi connectivity index (χ1v) is 20.4. The summed E-state index contributed by atoms with van der Waals surface area (Å²) in [4.78, 5) is -0.292. The van der Waals surface area contributed by atoms with E-state index in [1.807, 2.05) is 41.5 Å². The van der Waals surface area contributed by atoms with E-state index in [1.165, 1.54) is 79.2 Å².